The van der Waals surface area contributed by atoms with Crippen LogP contribution in [-0.2, 0) is 10.0 Å². The van der Waals surface area contributed by atoms with E-state index in [1.807, 2.05) is 13.8 Å². The highest BCUT2D eigenvalue weighted by atomic mass is 32.2. The molecule has 0 atom stereocenters. The maximum absolute atomic E-state index is 12.0. The largest absolute Gasteiger partial charge is 0.370 e. The summed E-state index contributed by atoms with van der Waals surface area (Å²) in [6.07, 6.45) is 0. The molecule has 0 aromatic heterocycles. The van der Waals surface area contributed by atoms with E-state index in [4.69, 9.17) is 5.73 Å². The summed E-state index contributed by atoms with van der Waals surface area (Å²) < 4.78 is 25.5. The summed E-state index contributed by atoms with van der Waals surface area (Å²) in [4.78, 5) is 4.02. The SMILES string of the molecule is CC(C)NC(N)=NCCS(=O)(=O)N1CCSCC1. The Morgan fingerprint density at radius 2 is 2.06 bits per heavy atom. The van der Waals surface area contributed by atoms with Gasteiger partial charge in [0.1, 0.15) is 0 Å². The van der Waals surface area contributed by atoms with Crippen molar-refractivity contribution in [1.29, 1.82) is 0 Å². The maximum Gasteiger partial charge on any atom is 0.215 e. The summed E-state index contributed by atoms with van der Waals surface area (Å²) in [6.45, 7) is 5.32. The normalized spacial score (nSPS) is 19.2. The molecular formula is C10H22N4O2S2. The van der Waals surface area contributed by atoms with Gasteiger partial charge in [0.05, 0.1) is 12.3 Å². The minimum absolute atomic E-state index is 0.0259. The third-order valence-electron chi connectivity index (χ3n) is 2.43. The van der Waals surface area contributed by atoms with Crippen LogP contribution in [0.1, 0.15) is 13.8 Å². The number of nitrogens with one attached hydrogen (secondary N) is 1. The molecule has 0 amide bonds. The number of guanidine groups is 1. The number of nitrogens with zero attached hydrogens (tertiary/aromatic N) is 2. The number of sulfonamides is 1. The molecule has 0 bridgehead atoms. The summed E-state index contributed by atoms with van der Waals surface area (Å²) in [5.74, 6) is 2.08. The quantitative estimate of drug-likeness (QED) is 0.536. The Bertz CT molecular complexity index is 375. The fraction of sp³-hybridized carbons (Fsp3) is 0.900. The van der Waals surface area contributed by atoms with Crippen molar-refractivity contribution in [3.05, 3.63) is 0 Å². The molecule has 18 heavy (non-hydrogen) atoms. The van der Waals surface area contributed by atoms with Crippen LogP contribution in [0.25, 0.3) is 0 Å². The Kier molecular flexibility index (Phi) is 6.24. The second-order valence-electron chi connectivity index (χ2n) is 4.39. The van der Waals surface area contributed by atoms with Gasteiger partial charge in [-0.3, -0.25) is 4.99 Å². The molecule has 3 N–H and O–H groups in total. The van der Waals surface area contributed by atoms with Crippen LogP contribution < -0.4 is 11.1 Å². The highest BCUT2D eigenvalue weighted by molar-refractivity contribution is 7.99. The van der Waals surface area contributed by atoms with Gasteiger partial charge in [0, 0.05) is 30.6 Å². The van der Waals surface area contributed by atoms with Gasteiger partial charge >= 0.3 is 0 Å². The third-order valence-corrected chi connectivity index (χ3v) is 5.22. The lowest BCUT2D eigenvalue weighted by Crippen LogP contribution is -2.40. The zero-order valence-electron chi connectivity index (χ0n) is 10.9. The summed E-state index contributed by atoms with van der Waals surface area (Å²) in [6, 6.07) is 0.199. The van der Waals surface area contributed by atoms with E-state index in [0.29, 0.717) is 19.0 Å². The predicted octanol–water partition coefficient (Wildman–Crippen LogP) is -0.322. The summed E-state index contributed by atoms with van der Waals surface area (Å²) >= 11 is 1.79. The highest BCUT2D eigenvalue weighted by Crippen LogP contribution is 2.13. The van der Waals surface area contributed by atoms with Crippen molar-refractivity contribution >= 4 is 27.7 Å². The molecule has 1 aliphatic rings. The fourth-order valence-corrected chi connectivity index (χ4v) is 4.03. The number of rotatable bonds is 5. The molecule has 1 fully saturated rings. The highest BCUT2D eigenvalue weighted by Gasteiger charge is 2.23. The van der Waals surface area contributed by atoms with Gasteiger partial charge in [-0.1, -0.05) is 0 Å². The first-order valence-electron chi connectivity index (χ1n) is 6.04. The molecule has 1 saturated heterocycles. The van der Waals surface area contributed by atoms with E-state index in [1.54, 1.807) is 16.1 Å². The lowest BCUT2D eigenvalue weighted by Gasteiger charge is -2.25. The molecule has 0 aromatic carbocycles. The Balaban J connectivity index is 2.41. The van der Waals surface area contributed by atoms with E-state index in [0.717, 1.165) is 11.5 Å². The second kappa shape index (κ2) is 7.20. The van der Waals surface area contributed by atoms with E-state index in [2.05, 4.69) is 10.3 Å². The lowest BCUT2D eigenvalue weighted by molar-refractivity contribution is 0.444. The van der Waals surface area contributed by atoms with Gasteiger partial charge in [-0.25, -0.2) is 12.7 Å². The minimum Gasteiger partial charge on any atom is -0.370 e. The van der Waals surface area contributed by atoms with Gasteiger partial charge in [-0.15, -0.1) is 0 Å². The fourth-order valence-electron chi connectivity index (χ4n) is 1.58. The van der Waals surface area contributed by atoms with Gasteiger partial charge in [0.2, 0.25) is 10.0 Å². The van der Waals surface area contributed by atoms with Crippen molar-refractivity contribution in [1.82, 2.24) is 9.62 Å². The number of thioether (sulfide) groups is 1. The standard InChI is InChI=1S/C10H22N4O2S2/c1-9(2)13-10(11)12-3-8-18(15,16)14-4-6-17-7-5-14/h9H,3-8H2,1-2H3,(H3,11,12,13). The first kappa shape index (κ1) is 15.6. The zero-order chi connectivity index (χ0) is 13.6. The monoisotopic (exact) mass is 294 g/mol. The molecule has 0 radical (unpaired) electrons. The van der Waals surface area contributed by atoms with Gasteiger partial charge < -0.3 is 11.1 Å². The molecule has 106 valence electrons. The van der Waals surface area contributed by atoms with Crippen LogP contribution in [0.5, 0.6) is 0 Å². The van der Waals surface area contributed by atoms with Crippen LogP contribution in [0.15, 0.2) is 4.99 Å². The average Bonchev–Trinajstić information content (AvgIpc) is 2.29. The number of nitrogens with two attached hydrogens (primary N) is 1. The minimum atomic E-state index is -3.18. The molecule has 0 unspecified atom stereocenters. The Morgan fingerprint density at radius 1 is 1.44 bits per heavy atom. The number of hydrogen-bond acceptors (Lipinski definition) is 4. The average molecular weight is 294 g/mol. The van der Waals surface area contributed by atoms with Crippen molar-refractivity contribution in [3.63, 3.8) is 0 Å². The smallest absolute Gasteiger partial charge is 0.215 e. The van der Waals surface area contributed by atoms with Crippen molar-refractivity contribution in [2.75, 3.05) is 36.9 Å². The topological polar surface area (TPSA) is 87.8 Å². The van der Waals surface area contributed by atoms with Gasteiger partial charge in [0.25, 0.3) is 0 Å². The van der Waals surface area contributed by atoms with E-state index in [1.165, 1.54) is 0 Å². The molecule has 6 nitrogen and oxygen atoms in total. The van der Waals surface area contributed by atoms with Crippen molar-refractivity contribution in [2.45, 2.75) is 19.9 Å². The van der Waals surface area contributed by atoms with Crippen LogP contribution in [-0.4, -0.2) is 61.6 Å². The molecule has 8 heteroatoms. The van der Waals surface area contributed by atoms with E-state index in [9.17, 15) is 8.42 Å². The Hall–Kier alpha value is -0.470. The molecular weight excluding hydrogens is 272 g/mol. The van der Waals surface area contributed by atoms with Gasteiger partial charge in [0.15, 0.2) is 5.96 Å². The molecule has 0 saturated carbocycles. The van der Waals surface area contributed by atoms with Crippen molar-refractivity contribution in [3.8, 4) is 0 Å². The van der Waals surface area contributed by atoms with Crippen LogP contribution in [0, 0.1) is 0 Å². The zero-order valence-corrected chi connectivity index (χ0v) is 12.6. The Labute approximate surface area is 113 Å². The number of aliphatic imine (C=N–C) groups is 1. The van der Waals surface area contributed by atoms with Crippen LogP contribution >= 0.6 is 11.8 Å². The molecule has 1 rings (SSSR count). The summed E-state index contributed by atoms with van der Waals surface area (Å²) in [5.41, 5.74) is 5.61. The predicted molar refractivity (Wildman–Crippen MR) is 77.4 cm³/mol. The number of hydrogen-bond donors (Lipinski definition) is 2. The van der Waals surface area contributed by atoms with Crippen LogP contribution in [0.2, 0.25) is 0 Å². The molecule has 0 aromatic rings. The lowest BCUT2D eigenvalue weighted by atomic mass is 10.4. The van der Waals surface area contributed by atoms with E-state index in [-0.39, 0.29) is 18.3 Å². The molecule has 1 heterocycles. The summed E-state index contributed by atoms with van der Waals surface area (Å²) in [5, 5.41) is 2.92. The van der Waals surface area contributed by atoms with Crippen LogP contribution in [0.4, 0.5) is 0 Å². The van der Waals surface area contributed by atoms with Crippen molar-refractivity contribution < 1.29 is 8.42 Å². The van der Waals surface area contributed by atoms with E-state index >= 15 is 0 Å². The first-order chi connectivity index (χ1) is 8.42. The third kappa shape index (κ3) is 5.45. The second-order valence-corrected chi connectivity index (χ2v) is 7.71. The molecule has 0 spiro atoms. The molecule has 0 aliphatic carbocycles. The summed E-state index contributed by atoms with van der Waals surface area (Å²) in [7, 11) is -3.18. The van der Waals surface area contributed by atoms with Gasteiger partial charge in [-0.05, 0) is 13.8 Å². The molecule has 1 aliphatic heterocycles. The maximum atomic E-state index is 12.0. The van der Waals surface area contributed by atoms with Crippen LogP contribution in [0.3, 0.4) is 0 Å². The first-order valence-corrected chi connectivity index (χ1v) is 8.80. The van der Waals surface area contributed by atoms with Crippen molar-refractivity contribution in [2.24, 2.45) is 10.7 Å². The van der Waals surface area contributed by atoms with E-state index < -0.39 is 10.0 Å². The van der Waals surface area contributed by atoms with Gasteiger partial charge in [-0.2, -0.15) is 11.8 Å². The Morgan fingerprint density at radius 3 is 2.61 bits per heavy atom.